The zero-order chi connectivity index (χ0) is 25.5. The molecule has 3 heterocycles. The van der Waals surface area contributed by atoms with Crippen molar-refractivity contribution in [1.82, 2.24) is 15.2 Å². The van der Waals surface area contributed by atoms with Gasteiger partial charge < -0.3 is 29.6 Å². The molecule has 6 atom stereocenters. The molecule has 2 unspecified atom stereocenters. The maximum atomic E-state index is 12.5. The van der Waals surface area contributed by atoms with Crippen molar-refractivity contribution in [2.75, 3.05) is 20.7 Å². The molecule has 3 aromatic rings. The lowest BCUT2D eigenvalue weighted by Gasteiger charge is -2.65. The van der Waals surface area contributed by atoms with Gasteiger partial charge in [-0.1, -0.05) is 24.3 Å². The van der Waals surface area contributed by atoms with E-state index in [1.807, 2.05) is 43.6 Å². The molecule has 0 amide bonds. The van der Waals surface area contributed by atoms with Gasteiger partial charge in [-0.2, -0.15) is 0 Å². The molecule has 7 rings (SSSR count). The average Bonchev–Trinajstić information content (AvgIpc) is 3.47. The smallest absolute Gasteiger partial charge is 0.321 e. The third kappa shape index (κ3) is 3.65. The molecule has 1 aromatic heterocycles. The van der Waals surface area contributed by atoms with Gasteiger partial charge in [0.05, 0.1) is 11.0 Å². The van der Waals surface area contributed by atoms with Gasteiger partial charge in [-0.3, -0.25) is 10.1 Å². The maximum absolute atomic E-state index is 12.5. The molecule has 8 nitrogen and oxygen atoms in total. The van der Waals surface area contributed by atoms with E-state index in [0.717, 1.165) is 54.3 Å². The van der Waals surface area contributed by atoms with Crippen molar-refractivity contribution >= 4 is 41.7 Å². The zero-order valence-electron chi connectivity index (χ0n) is 22.0. The Morgan fingerprint density at radius 3 is 2.82 bits per heavy atom. The van der Waals surface area contributed by atoms with Crippen LogP contribution in [0.4, 0.5) is 0 Å². The molecule has 2 aromatic carbocycles. The summed E-state index contributed by atoms with van der Waals surface area (Å²) in [4.78, 5) is 18.2. The molecule has 10 heteroatoms. The number of carboxylic acids is 1. The number of rotatable bonds is 6. The van der Waals surface area contributed by atoms with Gasteiger partial charge >= 0.3 is 5.97 Å². The van der Waals surface area contributed by atoms with Gasteiger partial charge in [0, 0.05) is 48.3 Å². The molecule has 4 aliphatic rings. The second-order valence-electron chi connectivity index (χ2n) is 11.3. The van der Waals surface area contributed by atoms with Crippen LogP contribution in [0.5, 0.6) is 11.5 Å². The highest BCUT2D eigenvalue weighted by Crippen LogP contribution is 2.66. The molecule has 2 aliphatic carbocycles. The van der Waals surface area contributed by atoms with Crippen LogP contribution < -0.4 is 10.1 Å². The minimum Gasteiger partial charge on any atom is -0.504 e. The van der Waals surface area contributed by atoms with E-state index in [0.29, 0.717) is 12.2 Å². The zero-order valence-corrected chi connectivity index (χ0v) is 23.6. The normalized spacial score (nSPS) is 31.0. The number of phenols is 1. The highest BCUT2D eigenvalue weighted by atomic mass is 35.5. The highest BCUT2D eigenvalue weighted by Gasteiger charge is 2.73. The number of likely N-dealkylation sites (tertiary alicyclic amines) is 1. The van der Waals surface area contributed by atoms with Crippen LogP contribution in [-0.2, 0) is 27.8 Å². The Hall–Kier alpha value is -2.49. The van der Waals surface area contributed by atoms with Crippen molar-refractivity contribution in [3.05, 3.63) is 59.3 Å². The largest absolute Gasteiger partial charge is 0.504 e. The Morgan fingerprint density at radius 1 is 1.26 bits per heavy atom. The highest BCUT2D eigenvalue weighted by molar-refractivity contribution is 5.86. The van der Waals surface area contributed by atoms with Crippen molar-refractivity contribution in [3.8, 4) is 11.5 Å². The summed E-state index contributed by atoms with van der Waals surface area (Å²) < 4.78 is 13.2. The average molecular weight is 577 g/mol. The number of benzene rings is 2. The second-order valence-corrected chi connectivity index (χ2v) is 11.3. The first-order chi connectivity index (χ1) is 17.9. The van der Waals surface area contributed by atoms with E-state index in [1.165, 1.54) is 5.56 Å². The SMILES string of the molecule is CO[C@@]12CCC(N[C@@H](Cc3c[nH]c4ccccc34)C(=O)O)C3Oc4c(O)ccc5c4[C@@]31CCN(C)[C@@H]2C5.Cl.Cl. The Balaban J connectivity index is 0.00000154. The first-order valence-electron chi connectivity index (χ1n) is 13.2. The van der Waals surface area contributed by atoms with E-state index in [-0.39, 0.29) is 48.8 Å². The predicted octanol–water partition coefficient (Wildman–Crippen LogP) is 3.81. The fraction of sp³-hybridized carbons (Fsp3) is 0.483. The van der Waals surface area contributed by atoms with Gasteiger partial charge in [-0.25, -0.2) is 0 Å². The van der Waals surface area contributed by atoms with E-state index >= 15 is 0 Å². The molecule has 2 bridgehead atoms. The Kier molecular flexibility index (Phi) is 7.09. The van der Waals surface area contributed by atoms with Crippen molar-refractivity contribution in [3.63, 3.8) is 0 Å². The number of nitrogens with zero attached hydrogens (tertiary/aromatic N) is 1. The lowest BCUT2D eigenvalue weighted by molar-refractivity contribution is -0.204. The Bertz CT molecular complexity index is 1410. The number of likely N-dealkylation sites (N-methyl/N-ethyl adjacent to an activating group) is 1. The van der Waals surface area contributed by atoms with E-state index in [4.69, 9.17) is 9.47 Å². The fourth-order valence-corrected chi connectivity index (χ4v) is 8.31. The third-order valence-electron chi connectivity index (χ3n) is 9.87. The quantitative estimate of drug-likeness (QED) is 0.354. The van der Waals surface area contributed by atoms with Gasteiger partial charge in [-0.05, 0) is 62.5 Å². The number of aromatic hydroxyl groups is 1. The van der Waals surface area contributed by atoms with E-state index in [2.05, 4.69) is 22.2 Å². The van der Waals surface area contributed by atoms with E-state index in [1.54, 1.807) is 6.07 Å². The van der Waals surface area contributed by atoms with Crippen LogP contribution in [0.3, 0.4) is 0 Å². The number of phenolic OH excluding ortho intramolecular Hbond substituents is 1. The van der Waals surface area contributed by atoms with Gasteiger partial charge in [0.25, 0.3) is 0 Å². The number of aromatic amines is 1. The molecule has 2 fully saturated rings. The number of para-hydroxylation sites is 1. The van der Waals surface area contributed by atoms with Crippen LogP contribution in [-0.4, -0.2) is 76.6 Å². The van der Waals surface area contributed by atoms with Crippen LogP contribution >= 0.6 is 24.8 Å². The number of methoxy groups -OCH3 is 1. The molecule has 210 valence electrons. The lowest BCUT2D eigenvalue weighted by Crippen LogP contribution is -2.78. The Morgan fingerprint density at radius 2 is 2.05 bits per heavy atom. The number of halogens is 2. The molecule has 0 radical (unpaired) electrons. The number of fused-ring (bicyclic) bond motifs is 1. The van der Waals surface area contributed by atoms with Gasteiger partial charge in [-0.15, -0.1) is 24.8 Å². The van der Waals surface area contributed by atoms with Gasteiger partial charge in [0.15, 0.2) is 11.5 Å². The molecule has 1 spiro atoms. The fourth-order valence-electron chi connectivity index (χ4n) is 8.31. The first kappa shape index (κ1) is 28.1. The molecule has 1 saturated heterocycles. The summed E-state index contributed by atoms with van der Waals surface area (Å²) in [6.07, 6.45) is 5.15. The number of hydrogen-bond acceptors (Lipinski definition) is 6. The molecule has 4 N–H and O–H groups in total. The van der Waals surface area contributed by atoms with Crippen molar-refractivity contribution in [1.29, 1.82) is 0 Å². The number of aliphatic carboxylic acids is 1. The number of carbonyl (C=O) groups is 1. The first-order valence-corrected chi connectivity index (χ1v) is 13.2. The van der Waals surface area contributed by atoms with Crippen LogP contribution in [0.1, 0.15) is 36.0 Å². The number of nitrogens with one attached hydrogen (secondary N) is 2. The maximum Gasteiger partial charge on any atom is 0.321 e. The van der Waals surface area contributed by atoms with Crippen LogP contribution in [0.15, 0.2) is 42.6 Å². The number of ether oxygens (including phenoxy) is 2. The number of hydrogen-bond donors (Lipinski definition) is 4. The van der Waals surface area contributed by atoms with Crippen LogP contribution in [0.2, 0.25) is 0 Å². The van der Waals surface area contributed by atoms with Gasteiger partial charge in [0.1, 0.15) is 12.1 Å². The molecule has 1 saturated carbocycles. The van der Waals surface area contributed by atoms with E-state index in [9.17, 15) is 15.0 Å². The number of aromatic nitrogens is 1. The summed E-state index contributed by atoms with van der Waals surface area (Å²) in [5, 5.41) is 25.7. The lowest BCUT2D eigenvalue weighted by atomic mass is 9.48. The Labute approximate surface area is 239 Å². The topological polar surface area (TPSA) is 107 Å². The van der Waals surface area contributed by atoms with Gasteiger partial charge in [0.2, 0.25) is 0 Å². The summed E-state index contributed by atoms with van der Waals surface area (Å²) in [5.41, 5.74) is 3.36. The number of piperidine rings is 1. The monoisotopic (exact) mass is 575 g/mol. The molecule has 39 heavy (non-hydrogen) atoms. The van der Waals surface area contributed by atoms with Crippen LogP contribution in [0, 0.1) is 0 Å². The van der Waals surface area contributed by atoms with E-state index < -0.39 is 23.0 Å². The van der Waals surface area contributed by atoms with Crippen molar-refractivity contribution in [2.24, 2.45) is 0 Å². The van der Waals surface area contributed by atoms with Crippen molar-refractivity contribution < 1.29 is 24.5 Å². The summed E-state index contributed by atoms with van der Waals surface area (Å²) >= 11 is 0. The number of carboxylic acid groups (broad SMARTS) is 1. The molecule has 2 aliphatic heterocycles. The third-order valence-corrected chi connectivity index (χ3v) is 9.87. The standard InChI is InChI=1S/C29H33N3O5.2ClH/c1-32-12-11-28-24-16-7-8-22(33)25(24)37-26(28)20(9-10-29(28,36-2)23(32)14-16)31-21(27(34)35)13-17-15-30-19-6-4-3-5-18(17)19;;/h3-8,15,20-21,23,26,30-31,33H,9-14H2,1-2H3,(H,34,35);2*1H/t20?,21-,23+,26?,28-,29+;;/m0../s1. The van der Waals surface area contributed by atoms with Crippen molar-refractivity contribution in [2.45, 2.75) is 67.3 Å². The van der Waals surface area contributed by atoms with Crippen LogP contribution in [0.25, 0.3) is 10.9 Å². The minimum atomic E-state index is -0.879. The summed E-state index contributed by atoms with van der Waals surface area (Å²) in [6.45, 7) is 0.897. The molecular formula is C29H35Cl2N3O5. The minimum absolute atomic E-state index is 0. The second kappa shape index (κ2) is 9.85. The summed E-state index contributed by atoms with van der Waals surface area (Å²) in [5.74, 6) is -0.170. The number of H-pyrrole nitrogens is 1. The molecular weight excluding hydrogens is 541 g/mol. The summed E-state index contributed by atoms with van der Waals surface area (Å²) in [7, 11) is 3.98. The summed E-state index contributed by atoms with van der Waals surface area (Å²) in [6, 6.07) is 10.9. The predicted molar refractivity (Wildman–Crippen MR) is 153 cm³/mol.